The fourth-order valence-corrected chi connectivity index (χ4v) is 3.65. The molecule has 1 atom stereocenters. The van der Waals surface area contributed by atoms with Crippen LogP contribution in [0.25, 0.3) is 0 Å². The molecule has 0 aliphatic carbocycles. The molecule has 0 aliphatic heterocycles. The molecule has 0 fully saturated rings. The van der Waals surface area contributed by atoms with Crippen molar-refractivity contribution in [3.05, 3.63) is 28.8 Å². The number of hydrogen-bond donors (Lipinski definition) is 2. The molecule has 5 nitrogen and oxygen atoms in total. The topological polar surface area (TPSA) is 90.2 Å². The quantitative estimate of drug-likeness (QED) is 0.758. The lowest BCUT2D eigenvalue weighted by atomic mass is 9.95. The van der Waals surface area contributed by atoms with Crippen molar-refractivity contribution < 1.29 is 13.5 Å². The lowest BCUT2D eigenvalue weighted by Crippen LogP contribution is -2.30. The van der Waals surface area contributed by atoms with Gasteiger partial charge in [0, 0.05) is 13.2 Å². The highest BCUT2D eigenvalue weighted by molar-refractivity contribution is 7.89. The largest absolute Gasteiger partial charge is 0.396 e. The molecule has 7 heteroatoms. The molecule has 0 heterocycles. The summed E-state index contributed by atoms with van der Waals surface area (Å²) in [6.07, 6.45) is 1.38. The Morgan fingerprint density at radius 1 is 1.41 bits per heavy atom. The molecule has 1 rings (SSSR count). The molecule has 0 saturated carbocycles. The molecular weight excluding hydrogens is 324 g/mol. The van der Waals surface area contributed by atoms with Crippen LogP contribution < -0.4 is 4.72 Å². The Morgan fingerprint density at radius 2 is 2.09 bits per heavy atom. The third-order valence-electron chi connectivity index (χ3n) is 3.28. The number of hydrogen-bond acceptors (Lipinski definition) is 4. The zero-order chi connectivity index (χ0) is 16.8. The van der Waals surface area contributed by atoms with E-state index in [4.69, 9.17) is 22.0 Å². The summed E-state index contributed by atoms with van der Waals surface area (Å²) in [7, 11) is -3.68. The van der Waals surface area contributed by atoms with Crippen molar-refractivity contribution in [2.45, 2.75) is 31.6 Å². The van der Waals surface area contributed by atoms with Gasteiger partial charge in [-0.3, -0.25) is 0 Å². The van der Waals surface area contributed by atoms with Gasteiger partial charge in [0.25, 0.3) is 0 Å². The molecule has 22 heavy (non-hydrogen) atoms. The second kappa shape index (κ2) is 8.49. The molecule has 0 radical (unpaired) electrons. The number of benzene rings is 1. The van der Waals surface area contributed by atoms with E-state index in [1.807, 2.05) is 6.07 Å². The van der Waals surface area contributed by atoms with Crippen molar-refractivity contribution in [2.75, 3.05) is 13.2 Å². The fourth-order valence-electron chi connectivity index (χ4n) is 2.22. The van der Waals surface area contributed by atoms with Crippen molar-refractivity contribution in [1.82, 2.24) is 4.72 Å². The number of halogens is 1. The van der Waals surface area contributed by atoms with Gasteiger partial charge < -0.3 is 5.11 Å². The Bertz CT molecular complexity index is 639. The second-order valence-corrected chi connectivity index (χ2v) is 7.79. The van der Waals surface area contributed by atoms with Crippen molar-refractivity contribution in [1.29, 1.82) is 5.26 Å². The standard InChI is InChI=1S/C15H21ClN2O3S/c1-11(2)7-12(5-6-19)10-18-22(20,21)14-4-3-13(9-17)15(16)8-14/h3-4,8,11-12,18-19H,5-7,10H2,1-2H3. The van der Waals surface area contributed by atoms with Crippen molar-refractivity contribution in [3.63, 3.8) is 0 Å². The van der Waals surface area contributed by atoms with Gasteiger partial charge in [0.2, 0.25) is 10.0 Å². The lowest BCUT2D eigenvalue weighted by Gasteiger charge is -2.18. The molecule has 0 saturated heterocycles. The Kier molecular flexibility index (Phi) is 7.30. The maximum Gasteiger partial charge on any atom is 0.240 e. The SMILES string of the molecule is CC(C)CC(CCO)CNS(=O)(=O)c1ccc(C#N)c(Cl)c1. The summed E-state index contributed by atoms with van der Waals surface area (Å²) in [5.74, 6) is 0.499. The Labute approximate surface area is 137 Å². The first-order valence-corrected chi connectivity index (χ1v) is 8.96. The molecule has 1 aromatic carbocycles. The van der Waals surface area contributed by atoms with E-state index in [0.717, 1.165) is 6.42 Å². The summed E-state index contributed by atoms with van der Waals surface area (Å²) < 4.78 is 27.1. The van der Waals surface area contributed by atoms with E-state index < -0.39 is 10.0 Å². The van der Waals surface area contributed by atoms with Gasteiger partial charge in [-0.25, -0.2) is 13.1 Å². The van der Waals surface area contributed by atoms with E-state index in [2.05, 4.69) is 18.6 Å². The minimum Gasteiger partial charge on any atom is -0.396 e. The first kappa shape index (κ1) is 18.9. The molecule has 0 aliphatic rings. The number of nitrogens with zero attached hydrogens (tertiary/aromatic N) is 1. The number of aliphatic hydroxyl groups is 1. The van der Waals surface area contributed by atoms with Gasteiger partial charge in [0.1, 0.15) is 6.07 Å². The fraction of sp³-hybridized carbons (Fsp3) is 0.533. The van der Waals surface area contributed by atoms with Gasteiger partial charge in [0.15, 0.2) is 0 Å². The Morgan fingerprint density at radius 3 is 2.59 bits per heavy atom. The molecule has 0 aromatic heterocycles. The number of nitriles is 1. The molecule has 122 valence electrons. The highest BCUT2D eigenvalue weighted by atomic mass is 35.5. The summed E-state index contributed by atoms with van der Waals surface area (Å²) in [6.45, 7) is 4.40. The summed E-state index contributed by atoms with van der Waals surface area (Å²) in [6, 6.07) is 5.90. The average molecular weight is 345 g/mol. The van der Waals surface area contributed by atoms with Crippen LogP contribution in [0, 0.1) is 23.2 Å². The van der Waals surface area contributed by atoms with Crippen LogP contribution in [0.5, 0.6) is 0 Å². The zero-order valence-corrected chi connectivity index (χ0v) is 14.3. The molecule has 0 bridgehead atoms. The molecule has 1 unspecified atom stereocenters. The molecule has 1 aromatic rings. The van der Waals surface area contributed by atoms with Crippen LogP contribution in [0.15, 0.2) is 23.1 Å². The number of aliphatic hydroxyl groups excluding tert-OH is 1. The van der Waals surface area contributed by atoms with Crippen molar-refractivity contribution in [2.24, 2.45) is 11.8 Å². The predicted octanol–water partition coefficient (Wildman–Crippen LogP) is 2.53. The molecule has 0 spiro atoms. The summed E-state index contributed by atoms with van der Waals surface area (Å²) >= 11 is 5.87. The molecular formula is C15H21ClN2O3S. The van der Waals surface area contributed by atoms with E-state index in [-0.39, 0.29) is 34.6 Å². The van der Waals surface area contributed by atoms with Crippen molar-refractivity contribution >= 4 is 21.6 Å². The Balaban J connectivity index is 2.82. The highest BCUT2D eigenvalue weighted by Gasteiger charge is 2.18. The lowest BCUT2D eigenvalue weighted by molar-refractivity contribution is 0.243. The van der Waals surface area contributed by atoms with Gasteiger partial charge >= 0.3 is 0 Å². The minimum atomic E-state index is -3.68. The van der Waals surface area contributed by atoms with E-state index in [1.165, 1.54) is 18.2 Å². The normalized spacial score (nSPS) is 13.1. The van der Waals surface area contributed by atoms with Crippen LogP contribution in [0.1, 0.15) is 32.3 Å². The van der Waals surface area contributed by atoms with Crippen LogP contribution in [-0.2, 0) is 10.0 Å². The zero-order valence-electron chi connectivity index (χ0n) is 12.7. The highest BCUT2D eigenvalue weighted by Crippen LogP contribution is 2.21. The van der Waals surface area contributed by atoms with Crippen molar-refractivity contribution in [3.8, 4) is 6.07 Å². The van der Waals surface area contributed by atoms with Crippen LogP contribution >= 0.6 is 11.6 Å². The van der Waals surface area contributed by atoms with E-state index >= 15 is 0 Å². The summed E-state index contributed by atoms with van der Waals surface area (Å²) in [5.41, 5.74) is 0.235. The van der Waals surface area contributed by atoms with Gasteiger partial charge in [-0.1, -0.05) is 25.4 Å². The van der Waals surface area contributed by atoms with Crippen LogP contribution in [0.3, 0.4) is 0 Å². The third kappa shape index (κ3) is 5.58. The maximum absolute atomic E-state index is 12.3. The smallest absolute Gasteiger partial charge is 0.240 e. The van der Waals surface area contributed by atoms with Gasteiger partial charge in [-0.2, -0.15) is 5.26 Å². The van der Waals surface area contributed by atoms with E-state index in [0.29, 0.717) is 12.3 Å². The number of rotatable bonds is 8. The maximum atomic E-state index is 12.3. The minimum absolute atomic E-state index is 0.0296. The van der Waals surface area contributed by atoms with E-state index in [9.17, 15) is 8.42 Å². The molecule has 2 N–H and O–H groups in total. The monoisotopic (exact) mass is 344 g/mol. The van der Waals surface area contributed by atoms with Crippen LogP contribution in [0.2, 0.25) is 5.02 Å². The first-order chi connectivity index (χ1) is 10.3. The van der Waals surface area contributed by atoms with Gasteiger partial charge in [-0.05, 0) is 42.9 Å². The second-order valence-electron chi connectivity index (χ2n) is 5.61. The van der Waals surface area contributed by atoms with Gasteiger partial charge in [0.05, 0.1) is 15.5 Å². The Hall–Kier alpha value is -1.13. The van der Waals surface area contributed by atoms with Crippen LogP contribution in [-0.4, -0.2) is 26.7 Å². The summed E-state index contributed by atoms with van der Waals surface area (Å²) in [5, 5.41) is 18.0. The summed E-state index contributed by atoms with van der Waals surface area (Å²) in [4.78, 5) is 0.0313. The molecule has 0 amide bonds. The number of sulfonamides is 1. The van der Waals surface area contributed by atoms with E-state index in [1.54, 1.807) is 0 Å². The average Bonchev–Trinajstić information content (AvgIpc) is 2.44. The van der Waals surface area contributed by atoms with Crippen LogP contribution in [0.4, 0.5) is 0 Å². The predicted molar refractivity (Wildman–Crippen MR) is 86.0 cm³/mol. The first-order valence-electron chi connectivity index (χ1n) is 7.10. The third-order valence-corrected chi connectivity index (χ3v) is 5.01. The van der Waals surface area contributed by atoms with Gasteiger partial charge in [-0.15, -0.1) is 0 Å². The number of nitrogens with one attached hydrogen (secondary N) is 1.